The predicted octanol–water partition coefficient (Wildman–Crippen LogP) is 5.69. The fourth-order valence-corrected chi connectivity index (χ4v) is 6.03. The van der Waals surface area contributed by atoms with Gasteiger partial charge in [-0.15, -0.1) is 11.3 Å². The number of rotatable bonds is 2. The lowest BCUT2D eigenvalue weighted by molar-refractivity contribution is 1.01. The summed E-state index contributed by atoms with van der Waals surface area (Å²) in [6.07, 6.45) is 0. The molecule has 0 saturated carbocycles. The molecule has 0 N–H and O–H groups in total. The van der Waals surface area contributed by atoms with E-state index < -0.39 is 0 Å². The molecular formula is C22H10N8S2. The van der Waals surface area contributed by atoms with E-state index in [1.54, 1.807) is 18.2 Å². The molecular weight excluding hydrogens is 440 g/mol. The van der Waals surface area contributed by atoms with Gasteiger partial charge in [0.15, 0.2) is 0 Å². The molecule has 0 aliphatic carbocycles. The third-order valence-electron chi connectivity index (χ3n) is 5.30. The number of aryl methyl sites for hydroxylation is 2. The van der Waals surface area contributed by atoms with E-state index in [0.29, 0.717) is 10.0 Å². The smallest absolute Gasteiger partial charge is 0.350 e. The van der Waals surface area contributed by atoms with Crippen molar-refractivity contribution in [3.05, 3.63) is 35.7 Å². The largest absolute Gasteiger partial charge is 0.351 e. The molecule has 4 aromatic heterocycles. The summed E-state index contributed by atoms with van der Waals surface area (Å²) in [6, 6.07) is 13.5. The molecule has 0 aliphatic heterocycles. The number of aliphatic imine (C=N–C) groups is 2. The molecule has 0 radical (unpaired) electrons. The molecule has 0 spiro atoms. The average Bonchev–Trinajstić information content (AvgIpc) is 3.53. The Kier molecular flexibility index (Phi) is 4.29. The monoisotopic (exact) mass is 450 g/mol. The van der Waals surface area contributed by atoms with Gasteiger partial charge in [-0.3, -0.25) is 0 Å². The molecule has 0 fully saturated rings. The van der Waals surface area contributed by atoms with Crippen molar-refractivity contribution in [2.24, 2.45) is 24.1 Å². The van der Waals surface area contributed by atoms with E-state index in [9.17, 15) is 0 Å². The van der Waals surface area contributed by atoms with Gasteiger partial charge in [0, 0.05) is 30.9 Å². The Balaban J connectivity index is 1.77. The first kappa shape index (κ1) is 19.5. The highest BCUT2D eigenvalue weighted by Crippen LogP contribution is 2.44. The number of amidine groups is 1. The minimum atomic E-state index is -0.180. The molecule has 0 aliphatic rings. The van der Waals surface area contributed by atoms with Crippen molar-refractivity contribution < 1.29 is 0 Å². The molecule has 0 bridgehead atoms. The highest BCUT2D eigenvalue weighted by molar-refractivity contribution is 7.24. The Morgan fingerprint density at radius 2 is 1.31 bits per heavy atom. The lowest BCUT2D eigenvalue weighted by Gasteiger charge is -2.01. The second kappa shape index (κ2) is 7.04. The first-order chi connectivity index (χ1) is 15.5. The molecule has 8 nitrogen and oxygen atoms in total. The maximum atomic E-state index is 9.00. The van der Waals surface area contributed by atoms with Crippen molar-refractivity contribution in [3.63, 3.8) is 0 Å². The van der Waals surface area contributed by atoms with Crippen LogP contribution in [-0.2, 0) is 14.1 Å². The zero-order valence-corrected chi connectivity index (χ0v) is 18.3. The van der Waals surface area contributed by atoms with Crippen molar-refractivity contribution >= 4 is 86.5 Å². The first-order valence-electron chi connectivity index (χ1n) is 9.18. The number of nitriles is 3. The summed E-state index contributed by atoms with van der Waals surface area (Å²) < 4.78 is 6.26. The molecule has 32 heavy (non-hydrogen) atoms. The molecule has 150 valence electrons. The molecule has 0 atom stereocenters. The molecule has 10 heteroatoms. The summed E-state index contributed by atoms with van der Waals surface area (Å²) in [5, 5.41) is 30.4. The SMILES string of the molecule is [C-]#[N+]C(C#N)=Nc1cc2c(s1)c1cc3c(cc1n2C)c1sc(N=C(C#N)C#N)cc1n3C. The standard InChI is InChI=1S/C22H10N8S2/c1-26-18(10-25)28-20-7-17-22(32-20)13-5-14-12(4-15(13)30(17)3)21-16(29(14)2)6-19(31-21)27-11(8-23)9-24/h4-7H,2-3H3. The van der Waals surface area contributed by atoms with Crippen molar-refractivity contribution in [1.82, 2.24) is 9.13 Å². The van der Waals surface area contributed by atoms with E-state index in [1.807, 2.05) is 26.2 Å². The van der Waals surface area contributed by atoms with Gasteiger partial charge < -0.3 is 14.0 Å². The van der Waals surface area contributed by atoms with Crippen LogP contribution >= 0.6 is 22.7 Å². The molecule has 5 rings (SSSR count). The fourth-order valence-electron chi connectivity index (χ4n) is 3.85. The lowest BCUT2D eigenvalue weighted by atomic mass is 10.2. The minimum absolute atomic E-state index is 0.165. The third kappa shape index (κ3) is 2.69. The van der Waals surface area contributed by atoms with Crippen LogP contribution in [0.4, 0.5) is 10.0 Å². The lowest BCUT2D eigenvalue weighted by Crippen LogP contribution is -1.88. The number of fused-ring (bicyclic) bond motifs is 6. The van der Waals surface area contributed by atoms with Gasteiger partial charge in [0.1, 0.15) is 23.2 Å². The highest BCUT2D eigenvalue weighted by atomic mass is 32.1. The third-order valence-corrected chi connectivity index (χ3v) is 7.41. The molecule has 0 unspecified atom stereocenters. The highest BCUT2D eigenvalue weighted by Gasteiger charge is 2.19. The maximum Gasteiger partial charge on any atom is 0.350 e. The van der Waals surface area contributed by atoms with Gasteiger partial charge in [0.2, 0.25) is 10.7 Å². The van der Waals surface area contributed by atoms with E-state index in [4.69, 9.17) is 22.4 Å². The van der Waals surface area contributed by atoms with Crippen molar-refractivity contribution in [2.45, 2.75) is 0 Å². The molecule has 0 amide bonds. The van der Waals surface area contributed by atoms with Gasteiger partial charge in [0.25, 0.3) is 0 Å². The zero-order valence-electron chi connectivity index (χ0n) is 16.7. The summed E-state index contributed by atoms with van der Waals surface area (Å²) in [5.74, 6) is -0.180. The number of aromatic nitrogens is 2. The van der Waals surface area contributed by atoms with Crippen molar-refractivity contribution in [3.8, 4) is 18.2 Å². The minimum Gasteiger partial charge on any atom is -0.351 e. The number of hydrogen-bond donors (Lipinski definition) is 0. The summed E-state index contributed by atoms with van der Waals surface area (Å²) >= 11 is 2.91. The quantitative estimate of drug-likeness (QED) is 0.196. The van der Waals surface area contributed by atoms with Crippen LogP contribution in [0, 0.1) is 40.6 Å². The van der Waals surface area contributed by atoms with E-state index in [2.05, 4.69) is 36.1 Å². The van der Waals surface area contributed by atoms with E-state index in [0.717, 1.165) is 42.2 Å². The van der Waals surface area contributed by atoms with E-state index in [-0.39, 0.29) is 11.5 Å². The van der Waals surface area contributed by atoms with Crippen LogP contribution in [0.3, 0.4) is 0 Å². The van der Waals surface area contributed by atoms with Gasteiger partial charge in [-0.25, -0.2) is 10.3 Å². The topological polar surface area (TPSA) is 110 Å². The Labute approximate surface area is 189 Å². The van der Waals surface area contributed by atoms with Crippen molar-refractivity contribution in [2.75, 3.05) is 0 Å². The number of nitrogens with zero attached hydrogens (tertiary/aromatic N) is 8. The van der Waals surface area contributed by atoms with Gasteiger partial charge in [-0.2, -0.15) is 10.5 Å². The summed E-state index contributed by atoms with van der Waals surface area (Å²) in [5.41, 5.74) is 3.92. The summed E-state index contributed by atoms with van der Waals surface area (Å²) in [7, 11) is 3.96. The predicted molar refractivity (Wildman–Crippen MR) is 128 cm³/mol. The number of benzene rings is 1. The summed E-state index contributed by atoms with van der Waals surface area (Å²) in [6.45, 7) is 7.04. The van der Waals surface area contributed by atoms with Gasteiger partial charge in [0.05, 0.1) is 31.5 Å². The van der Waals surface area contributed by atoms with Crippen LogP contribution in [0.5, 0.6) is 0 Å². The Hall–Kier alpha value is -4.48. The van der Waals surface area contributed by atoms with Gasteiger partial charge in [-0.05, 0) is 18.2 Å². The maximum absolute atomic E-state index is 9.00. The van der Waals surface area contributed by atoms with Crippen LogP contribution in [0.2, 0.25) is 0 Å². The number of thiophene rings is 2. The van der Waals surface area contributed by atoms with Crippen LogP contribution in [0.25, 0.3) is 47.1 Å². The van der Waals surface area contributed by atoms with Crippen LogP contribution in [-0.4, -0.2) is 20.7 Å². The molecule has 4 heterocycles. The van der Waals surface area contributed by atoms with Gasteiger partial charge >= 0.3 is 5.84 Å². The summed E-state index contributed by atoms with van der Waals surface area (Å²) in [4.78, 5) is 11.4. The second-order valence-corrected chi connectivity index (χ2v) is 9.01. The Morgan fingerprint density at radius 3 is 1.75 bits per heavy atom. The van der Waals surface area contributed by atoms with E-state index >= 15 is 0 Å². The van der Waals surface area contributed by atoms with Crippen molar-refractivity contribution in [1.29, 1.82) is 15.8 Å². The normalized spacial score (nSPS) is 11.5. The first-order valence-corrected chi connectivity index (χ1v) is 10.8. The number of hydrogen-bond acceptors (Lipinski definition) is 7. The van der Waals surface area contributed by atoms with E-state index in [1.165, 1.54) is 22.7 Å². The Bertz CT molecular complexity index is 1670. The zero-order chi connectivity index (χ0) is 22.6. The van der Waals surface area contributed by atoms with Crippen LogP contribution < -0.4 is 0 Å². The van der Waals surface area contributed by atoms with Crippen LogP contribution in [0.1, 0.15) is 0 Å². The average molecular weight is 451 g/mol. The molecule has 1 aromatic carbocycles. The fraction of sp³-hybridized carbons (Fsp3) is 0.0909. The molecule has 0 saturated heterocycles. The van der Waals surface area contributed by atoms with Gasteiger partial charge in [-0.1, -0.05) is 22.9 Å². The molecule has 5 aromatic rings. The second-order valence-electron chi connectivity index (χ2n) is 6.95. The van der Waals surface area contributed by atoms with Crippen LogP contribution in [0.15, 0.2) is 34.3 Å². The Morgan fingerprint density at radius 1 is 0.812 bits per heavy atom.